The summed E-state index contributed by atoms with van der Waals surface area (Å²) in [5.41, 5.74) is 14.5. The molecule has 4 heteroatoms. The van der Waals surface area contributed by atoms with Crippen molar-refractivity contribution in [3.05, 3.63) is 193 Å². The minimum absolute atomic E-state index is 0.116. The van der Waals surface area contributed by atoms with Crippen molar-refractivity contribution >= 4 is 11.0 Å². The highest BCUT2D eigenvalue weighted by Gasteiger charge is 2.25. The lowest BCUT2D eigenvalue weighted by molar-refractivity contribution is 0.477. The average molecular weight is 784 g/mol. The first-order valence-corrected chi connectivity index (χ1v) is 20.4. The van der Waals surface area contributed by atoms with E-state index in [2.05, 4.69) is 104 Å². The van der Waals surface area contributed by atoms with Crippen molar-refractivity contribution in [2.24, 2.45) is 0 Å². The van der Waals surface area contributed by atoms with Gasteiger partial charge in [-0.05, 0) is 117 Å². The van der Waals surface area contributed by atoms with Crippen molar-refractivity contribution in [2.75, 3.05) is 0 Å². The minimum Gasteiger partial charge on any atom is -0.507 e. The van der Waals surface area contributed by atoms with Gasteiger partial charge < -0.3 is 5.11 Å². The highest BCUT2D eigenvalue weighted by Crippen LogP contribution is 2.44. The van der Waals surface area contributed by atoms with E-state index in [1.807, 2.05) is 86.6 Å². The van der Waals surface area contributed by atoms with E-state index < -0.39 is 12.7 Å². The van der Waals surface area contributed by atoms with Gasteiger partial charge in [-0.25, -0.2) is 4.98 Å². The lowest BCUT2D eigenvalue weighted by atomic mass is 9.83. The third-order valence-corrected chi connectivity index (χ3v) is 11.3. The Morgan fingerprint density at radius 2 is 1.25 bits per heavy atom. The molecule has 0 amide bonds. The molecular formula is C56H49N3O. The Morgan fingerprint density at radius 3 is 1.93 bits per heavy atom. The number of aromatic nitrogens is 3. The largest absolute Gasteiger partial charge is 0.507 e. The number of rotatable bonds is 8. The molecule has 9 rings (SSSR count). The molecule has 294 valence electrons. The third-order valence-electron chi connectivity index (χ3n) is 11.3. The van der Waals surface area contributed by atoms with Gasteiger partial charge in [0.2, 0.25) is 0 Å². The summed E-state index contributed by atoms with van der Waals surface area (Å²) in [6.07, 6.45) is 1.80. The molecule has 60 heavy (non-hydrogen) atoms. The lowest BCUT2D eigenvalue weighted by Crippen LogP contribution is -2.11. The monoisotopic (exact) mass is 783 g/mol. The van der Waals surface area contributed by atoms with Gasteiger partial charge in [0.25, 0.3) is 0 Å². The van der Waals surface area contributed by atoms with Gasteiger partial charge in [-0.2, -0.15) is 0 Å². The van der Waals surface area contributed by atoms with Gasteiger partial charge >= 0.3 is 0 Å². The lowest BCUT2D eigenvalue weighted by Gasteiger charge is -2.22. The van der Waals surface area contributed by atoms with E-state index in [0.29, 0.717) is 17.0 Å². The number of para-hydroxylation sites is 2. The molecule has 7 aromatic carbocycles. The van der Waals surface area contributed by atoms with Gasteiger partial charge in [0, 0.05) is 28.4 Å². The summed E-state index contributed by atoms with van der Waals surface area (Å²) in [5, 5.41) is 11.5. The molecule has 0 aliphatic heterocycles. The Bertz CT molecular complexity index is 3160. The number of aryl methyl sites for hydroxylation is 1. The zero-order valence-corrected chi connectivity index (χ0v) is 34.5. The molecule has 0 aliphatic rings. The predicted octanol–water partition coefficient (Wildman–Crippen LogP) is 14.9. The maximum absolute atomic E-state index is 11.5. The van der Waals surface area contributed by atoms with E-state index in [4.69, 9.17) is 14.1 Å². The second kappa shape index (κ2) is 15.6. The number of phenols is 1. The molecule has 1 N–H and O–H groups in total. The Labute approximate surface area is 359 Å². The number of hydrogen-bond donors (Lipinski definition) is 1. The van der Waals surface area contributed by atoms with Gasteiger partial charge in [0.15, 0.2) is 0 Å². The van der Waals surface area contributed by atoms with E-state index in [9.17, 15) is 6.48 Å². The second-order valence-electron chi connectivity index (χ2n) is 16.7. The van der Waals surface area contributed by atoms with E-state index in [0.717, 1.165) is 83.6 Å². The molecule has 0 aliphatic carbocycles. The molecule has 2 aromatic heterocycles. The van der Waals surface area contributed by atoms with Crippen molar-refractivity contribution in [1.82, 2.24) is 14.5 Å². The van der Waals surface area contributed by atoms with E-state index in [1.165, 1.54) is 0 Å². The van der Waals surface area contributed by atoms with Crippen LogP contribution in [0.15, 0.2) is 176 Å². The molecule has 0 saturated heterocycles. The zero-order valence-electron chi connectivity index (χ0n) is 38.5. The summed E-state index contributed by atoms with van der Waals surface area (Å²) in [7, 11) is 0. The number of hydrogen-bond acceptors (Lipinski definition) is 3. The fourth-order valence-electron chi connectivity index (χ4n) is 8.11. The van der Waals surface area contributed by atoms with Crippen molar-refractivity contribution in [1.29, 1.82) is 0 Å². The maximum Gasteiger partial charge on any atom is 0.149 e. The van der Waals surface area contributed by atoms with Crippen LogP contribution in [0.1, 0.15) is 62.7 Å². The summed E-state index contributed by atoms with van der Waals surface area (Å²) < 4.78 is 35.0. The summed E-state index contributed by atoms with van der Waals surface area (Å²) in [6.45, 7) is 8.30. The van der Waals surface area contributed by atoms with Crippen LogP contribution in [-0.2, 0) is 5.41 Å². The first-order valence-electron chi connectivity index (χ1n) is 22.4. The Balaban J connectivity index is 1.31. The van der Waals surface area contributed by atoms with Crippen LogP contribution >= 0.6 is 0 Å². The highest BCUT2D eigenvalue weighted by atomic mass is 16.3. The van der Waals surface area contributed by atoms with E-state index >= 15 is 0 Å². The molecule has 0 unspecified atom stereocenters. The van der Waals surface area contributed by atoms with Gasteiger partial charge in [0.05, 0.1) is 28.0 Å². The van der Waals surface area contributed by atoms with Gasteiger partial charge in [-0.3, -0.25) is 9.55 Å². The SMILES string of the molecule is [2H]C([2H])([2H])c1ccc(-c2ccnc(-c3cc(-c4cccc5c4nc(-c4ccccc4O)n5-c4cc(-c5ccccc5)c(C([2H])(C)C)cc4-c4ccccc4)cc(C(C)(C)C)c3)c2)cc1. The van der Waals surface area contributed by atoms with Crippen molar-refractivity contribution in [3.8, 4) is 78.6 Å². The smallest absolute Gasteiger partial charge is 0.149 e. The van der Waals surface area contributed by atoms with Crippen LogP contribution in [0, 0.1) is 6.85 Å². The molecule has 0 bridgehead atoms. The van der Waals surface area contributed by atoms with Gasteiger partial charge in [0.1, 0.15) is 11.6 Å². The van der Waals surface area contributed by atoms with Crippen LogP contribution in [0.5, 0.6) is 5.75 Å². The van der Waals surface area contributed by atoms with Crippen molar-refractivity contribution in [3.63, 3.8) is 0 Å². The molecular weight excluding hydrogens is 731 g/mol. The van der Waals surface area contributed by atoms with Crippen LogP contribution in [0.25, 0.3) is 83.9 Å². The standard InChI is InChI=1S/C56H49N3O/c1-36(2)47-34-49(40-18-11-8-12-19-40)52(35-48(47)39-16-9-7-10-17-39)59-51-22-15-21-45(54(51)58-55(59)46-20-13-14-23-53(46)60)42-30-43(32-44(31-42)56(4,5)6)50-33-41(28-29-57-50)38-26-24-37(3)25-27-38/h7-36,60H,1-6H3/i3D3,36D. The van der Waals surface area contributed by atoms with Crippen LogP contribution in [0.3, 0.4) is 0 Å². The summed E-state index contributed by atoms with van der Waals surface area (Å²) in [5.74, 6) is -0.224. The highest BCUT2D eigenvalue weighted by molar-refractivity contribution is 5.98. The summed E-state index contributed by atoms with van der Waals surface area (Å²) >= 11 is 0. The number of pyridine rings is 1. The van der Waals surface area contributed by atoms with E-state index in [-0.39, 0.29) is 11.2 Å². The minimum atomic E-state index is -2.17. The molecule has 9 aromatic rings. The summed E-state index contributed by atoms with van der Waals surface area (Å²) in [4.78, 5) is 10.4. The topological polar surface area (TPSA) is 50.9 Å². The molecule has 0 atom stereocenters. The van der Waals surface area contributed by atoms with E-state index in [1.54, 1.807) is 24.4 Å². The normalized spacial score (nSPS) is 13.1. The fraction of sp³-hybridized carbons (Fsp3) is 0.143. The Kier molecular flexibility index (Phi) is 8.82. The van der Waals surface area contributed by atoms with Crippen LogP contribution in [0.2, 0.25) is 0 Å². The number of imidazole rings is 1. The molecule has 2 heterocycles. The van der Waals surface area contributed by atoms with Crippen LogP contribution < -0.4 is 0 Å². The van der Waals surface area contributed by atoms with Crippen LogP contribution in [-0.4, -0.2) is 19.6 Å². The number of fused-ring (bicyclic) bond motifs is 1. The number of phenolic OH excluding ortho intramolecular Hbond substituents is 1. The zero-order chi connectivity index (χ0) is 45.0. The van der Waals surface area contributed by atoms with Gasteiger partial charge in [-0.15, -0.1) is 0 Å². The molecule has 0 fully saturated rings. The number of benzene rings is 7. The maximum atomic E-state index is 11.5. The second-order valence-corrected chi connectivity index (χ2v) is 16.7. The third kappa shape index (κ3) is 7.30. The van der Waals surface area contributed by atoms with Crippen molar-refractivity contribution < 1.29 is 10.6 Å². The van der Waals surface area contributed by atoms with Crippen LogP contribution in [0.4, 0.5) is 0 Å². The molecule has 0 spiro atoms. The molecule has 0 saturated carbocycles. The fourth-order valence-corrected chi connectivity index (χ4v) is 8.11. The number of aromatic hydroxyl groups is 1. The van der Waals surface area contributed by atoms with Crippen molar-refractivity contribution in [2.45, 2.75) is 52.8 Å². The molecule has 4 nitrogen and oxygen atoms in total. The average Bonchev–Trinajstić information content (AvgIpc) is 3.68. The van der Waals surface area contributed by atoms with Gasteiger partial charge in [-0.1, -0.05) is 155 Å². The summed E-state index contributed by atoms with van der Waals surface area (Å²) in [6, 6.07) is 56.1. The Hall–Kier alpha value is -7.04. The number of nitrogens with zero attached hydrogens (tertiary/aromatic N) is 3. The molecule has 0 radical (unpaired) electrons. The quantitative estimate of drug-likeness (QED) is 0.167. The predicted molar refractivity (Wildman–Crippen MR) is 251 cm³/mol. The first kappa shape index (κ1) is 33.9. The first-order chi connectivity index (χ1) is 30.5. The Morgan fingerprint density at radius 1 is 0.583 bits per heavy atom.